The minimum Gasteiger partial charge on any atom is -0.480 e. The van der Waals surface area contributed by atoms with E-state index in [1.807, 2.05) is 12.1 Å². The van der Waals surface area contributed by atoms with Crippen molar-refractivity contribution in [2.45, 2.75) is 0 Å². The summed E-state index contributed by atoms with van der Waals surface area (Å²) < 4.78 is 0. The van der Waals surface area contributed by atoms with Crippen molar-refractivity contribution >= 4 is 11.9 Å². The van der Waals surface area contributed by atoms with Gasteiger partial charge in [-0.3, -0.25) is 19.6 Å². The van der Waals surface area contributed by atoms with E-state index in [9.17, 15) is 9.59 Å². The van der Waals surface area contributed by atoms with E-state index in [4.69, 9.17) is 5.11 Å². The molecule has 2 heterocycles. The van der Waals surface area contributed by atoms with Crippen LogP contribution in [-0.4, -0.2) is 33.5 Å². The van der Waals surface area contributed by atoms with E-state index in [0.717, 1.165) is 11.1 Å². The Labute approximate surface area is 109 Å². The predicted molar refractivity (Wildman–Crippen MR) is 67.4 cm³/mol. The van der Waals surface area contributed by atoms with Gasteiger partial charge in [0.15, 0.2) is 0 Å². The Balaban J connectivity index is 2.10. The SMILES string of the molecule is O=C(O)CNC(=O)c1ccc(-c2cccnc2)cn1. The molecule has 1 amide bonds. The third-order valence-electron chi connectivity index (χ3n) is 2.39. The van der Waals surface area contributed by atoms with Gasteiger partial charge in [0.2, 0.25) is 0 Å². The molecule has 0 fully saturated rings. The van der Waals surface area contributed by atoms with E-state index >= 15 is 0 Å². The van der Waals surface area contributed by atoms with Crippen molar-refractivity contribution in [3.63, 3.8) is 0 Å². The number of rotatable bonds is 4. The standard InChI is InChI=1S/C13H11N3O3/c17-12(18)8-16-13(19)11-4-3-10(7-15-11)9-2-1-5-14-6-9/h1-7H,8H2,(H,16,19)(H,17,18). The Morgan fingerprint density at radius 3 is 2.53 bits per heavy atom. The Morgan fingerprint density at radius 1 is 1.16 bits per heavy atom. The number of aliphatic carboxylic acids is 1. The molecule has 0 unspecified atom stereocenters. The molecule has 0 aromatic carbocycles. The summed E-state index contributed by atoms with van der Waals surface area (Å²) in [7, 11) is 0. The van der Waals surface area contributed by atoms with Crippen molar-refractivity contribution < 1.29 is 14.7 Å². The summed E-state index contributed by atoms with van der Waals surface area (Å²) >= 11 is 0. The molecule has 96 valence electrons. The zero-order chi connectivity index (χ0) is 13.7. The number of pyridine rings is 2. The van der Waals surface area contributed by atoms with Gasteiger partial charge in [0, 0.05) is 29.7 Å². The molecular formula is C13H11N3O3. The molecule has 0 spiro atoms. The van der Waals surface area contributed by atoms with Gasteiger partial charge in [0.1, 0.15) is 12.2 Å². The van der Waals surface area contributed by atoms with Gasteiger partial charge in [-0.25, -0.2) is 0 Å². The molecule has 0 radical (unpaired) electrons. The largest absolute Gasteiger partial charge is 0.480 e. The minimum atomic E-state index is -1.10. The van der Waals surface area contributed by atoms with Crippen LogP contribution in [0.5, 0.6) is 0 Å². The lowest BCUT2D eigenvalue weighted by Gasteiger charge is -2.03. The fourth-order valence-corrected chi connectivity index (χ4v) is 1.48. The summed E-state index contributed by atoms with van der Waals surface area (Å²) in [5.74, 6) is -1.61. The van der Waals surface area contributed by atoms with E-state index < -0.39 is 18.4 Å². The van der Waals surface area contributed by atoms with Crippen LogP contribution >= 0.6 is 0 Å². The highest BCUT2D eigenvalue weighted by atomic mass is 16.4. The van der Waals surface area contributed by atoms with Crippen LogP contribution in [0.4, 0.5) is 0 Å². The lowest BCUT2D eigenvalue weighted by atomic mass is 10.1. The molecule has 6 heteroatoms. The molecule has 6 nitrogen and oxygen atoms in total. The summed E-state index contributed by atoms with van der Waals surface area (Å²) in [4.78, 5) is 29.9. The first kappa shape index (κ1) is 12.7. The maximum atomic E-state index is 11.5. The maximum absolute atomic E-state index is 11.5. The highest BCUT2D eigenvalue weighted by molar-refractivity contribution is 5.94. The smallest absolute Gasteiger partial charge is 0.322 e. The molecule has 2 N–H and O–H groups in total. The molecular weight excluding hydrogens is 246 g/mol. The van der Waals surface area contributed by atoms with Gasteiger partial charge in [-0.05, 0) is 12.1 Å². The Hall–Kier alpha value is -2.76. The number of carboxylic acids is 1. The van der Waals surface area contributed by atoms with Gasteiger partial charge in [0.05, 0.1) is 0 Å². The molecule has 0 aliphatic heterocycles. The monoisotopic (exact) mass is 257 g/mol. The van der Waals surface area contributed by atoms with Crippen molar-refractivity contribution in [2.75, 3.05) is 6.54 Å². The fourth-order valence-electron chi connectivity index (χ4n) is 1.48. The third-order valence-corrected chi connectivity index (χ3v) is 2.39. The number of carboxylic acid groups (broad SMARTS) is 1. The normalized spacial score (nSPS) is 9.89. The second-order valence-electron chi connectivity index (χ2n) is 3.75. The van der Waals surface area contributed by atoms with E-state index in [1.54, 1.807) is 30.7 Å². The molecule has 0 saturated carbocycles. The molecule has 19 heavy (non-hydrogen) atoms. The lowest BCUT2D eigenvalue weighted by molar-refractivity contribution is -0.135. The van der Waals surface area contributed by atoms with Gasteiger partial charge in [0.25, 0.3) is 5.91 Å². The molecule has 0 atom stereocenters. The Bertz CT molecular complexity index is 582. The second-order valence-corrected chi connectivity index (χ2v) is 3.75. The highest BCUT2D eigenvalue weighted by Gasteiger charge is 2.08. The molecule has 0 saturated heterocycles. The van der Waals surface area contributed by atoms with Gasteiger partial charge >= 0.3 is 5.97 Å². The number of hydrogen-bond donors (Lipinski definition) is 2. The summed E-state index contributed by atoms with van der Waals surface area (Å²) in [6, 6.07) is 6.97. The van der Waals surface area contributed by atoms with Gasteiger partial charge in [-0.15, -0.1) is 0 Å². The van der Waals surface area contributed by atoms with Crippen LogP contribution in [0.1, 0.15) is 10.5 Å². The van der Waals surface area contributed by atoms with Crippen LogP contribution < -0.4 is 5.32 Å². The van der Waals surface area contributed by atoms with E-state index in [1.165, 1.54) is 0 Å². The summed E-state index contributed by atoms with van der Waals surface area (Å²) in [5.41, 5.74) is 1.91. The van der Waals surface area contributed by atoms with Crippen molar-refractivity contribution in [2.24, 2.45) is 0 Å². The van der Waals surface area contributed by atoms with Crippen LogP contribution in [0.15, 0.2) is 42.9 Å². The average Bonchev–Trinajstić information content (AvgIpc) is 2.46. The average molecular weight is 257 g/mol. The minimum absolute atomic E-state index is 0.175. The predicted octanol–water partition coefficient (Wildman–Crippen LogP) is 0.958. The first-order valence-corrected chi connectivity index (χ1v) is 5.53. The number of amides is 1. The Kier molecular flexibility index (Phi) is 3.82. The quantitative estimate of drug-likeness (QED) is 0.851. The Morgan fingerprint density at radius 2 is 1.95 bits per heavy atom. The lowest BCUT2D eigenvalue weighted by Crippen LogP contribution is -2.29. The van der Waals surface area contributed by atoms with Crippen LogP contribution in [-0.2, 0) is 4.79 Å². The van der Waals surface area contributed by atoms with Crippen LogP contribution in [0.25, 0.3) is 11.1 Å². The second kappa shape index (κ2) is 5.72. The molecule has 2 rings (SSSR count). The number of nitrogens with one attached hydrogen (secondary N) is 1. The van der Waals surface area contributed by atoms with Gasteiger partial charge < -0.3 is 10.4 Å². The first-order chi connectivity index (χ1) is 9.16. The van der Waals surface area contributed by atoms with Crippen LogP contribution in [0.3, 0.4) is 0 Å². The van der Waals surface area contributed by atoms with Crippen LogP contribution in [0, 0.1) is 0 Å². The first-order valence-electron chi connectivity index (χ1n) is 5.53. The summed E-state index contributed by atoms with van der Waals surface area (Å²) in [6.45, 7) is -0.426. The van der Waals surface area contributed by atoms with Crippen molar-refractivity contribution in [1.29, 1.82) is 0 Å². The summed E-state index contributed by atoms with van der Waals surface area (Å²) in [5, 5.41) is 10.7. The number of carbonyl (C=O) groups is 2. The fraction of sp³-hybridized carbons (Fsp3) is 0.0769. The number of carbonyl (C=O) groups excluding carboxylic acids is 1. The molecule has 2 aromatic heterocycles. The summed E-state index contributed by atoms with van der Waals surface area (Å²) in [6.07, 6.45) is 4.92. The van der Waals surface area contributed by atoms with Crippen molar-refractivity contribution in [3.8, 4) is 11.1 Å². The van der Waals surface area contributed by atoms with Gasteiger partial charge in [-0.2, -0.15) is 0 Å². The topological polar surface area (TPSA) is 92.2 Å². The molecule has 0 bridgehead atoms. The number of nitrogens with zero attached hydrogens (tertiary/aromatic N) is 2. The third kappa shape index (κ3) is 3.35. The van der Waals surface area contributed by atoms with E-state index in [-0.39, 0.29) is 5.69 Å². The molecule has 0 aliphatic carbocycles. The highest BCUT2D eigenvalue weighted by Crippen LogP contribution is 2.16. The zero-order valence-electron chi connectivity index (χ0n) is 9.91. The van der Waals surface area contributed by atoms with E-state index in [0.29, 0.717) is 0 Å². The van der Waals surface area contributed by atoms with Crippen LogP contribution in [0.2, 0.25) is 0 Å². The molecule has 0 aliphatic rings. The number of aromatic nitrogens is 2. The van der Waals surface area contributed by atoms with Crippen molar-refractivity contribution in [1.82, 2.24) is 15.3 Å². The van der Waals surface area contributed by atoms with Gasteiger partial charge in [-0.1, -0.05) is 12.1 Å². The number of hydrogen-bond acceptors (Lipinski definition) is 4. The zero-order valence-corrected chi connectivity index (χ0v) is 9.91. The van der Waals surface area contributed by atoms with E-state index in [2.05, 4.69) is 15.3 Å². The molecule has 2 aromatic rings. The maximum Gasteiger partial charge on any atom is 0.322 e. The van der Waals surface area contributed by atoms with Crippen molar-refractivity contribution in [3.05, 3.63) is 48.5 Å².